The topological polar surface area (TPSA) is 57.4 Å². The standard InChI is InChI=1S/C15H24N2O2/c1-10-7-11(9-15(2,3)8-10)19-13-6-5-12(16)14(17-13)18-4/h5-6,10-11H,7-9,16H2,1-4H3. The monoisotopic (exact) mass is 264 g/mol. The first-order chi connectivity index (χ1) is 8.89. The van der Waals surface area contributed by atoms with Gasteiger partial charge in [-0.25, -0.2) is 0 Å². The fraction of sp³-hybridized carbons (Fsp3) is 0.667. The normalized spacial score (nSPS) is 25.9. The molecule has 1 aliphatic rings. The summed E-state index contributed by atoms with van der Waals surface area (Å²) in [5.74, 6) is 1.71. The molecule has 1 heterocycles. The number of pyridine rings is 1. The van der Waals surface area contributed by atoms with Gasteiger partial charge in [-0.15, -0.1) is 0 Å². The molecule has 2 atom stereocenters. The van der Waals surface area contributed by atoms with Crippen LogP contribution in [0.25, 0.3) is 0 Å². The van der Waals surface area contributed by atoms with E-state index >= 15 is 0 Å². The summed E-state index contributed by atoms with van der Waals surface area (Å²) >= 11 is 0. The van der Waals surface area contributed by atoms with Crippen molar-refractivity contribution in [3.05, 3.63) is 12.1 Å². The van der Waals surface area contributed by atoms with E-state index in [2.05, 4.69) is 25.8 Å². The maximum atomic E-state index is 6.01. The van der Waals surface area contributed by atoms with E-state index in [0.29, 0.717) is 28.8 Å². The summed E-state index contributed by atoms with van der Waals surface area (Å²) in [5.41, 5.74) is 6.62. The average Bonchev–Trinajstić information content (AvgIpc) is 2.29. The number of nitrogen functional groups attached to an aromatic ring is 1. The Kier molecular flexibility index (Phi) is 3.88. The molecule has 0 saturated heterocycles. The SMILES string of the molecule is COc1nc(OC2CC(C)CC(C)(C)C2)ccc1N. The van der Waals surface area contributed by atoms with Crippen molar-refractivity contribution in [1.82, 2.24) is 4.98 Å². The summed E-state index contributed by atoms with van der Waals surface area (Å²) in [6, 6.07) is 3.59. The van der Waals surface area contributed by atoms with Gasteiger partial charge in [-0.2, -0.15) is 4.98 Å². The van der Waals surface area contributed by atoms with Crippen molar-refractivity contribution >= 4 is 5.69 Å². The second-order valence-corrected chi connectivity index (χ2v) is 6.40. The minimum absolute atomic E-state index is 0.222. The lowest BCUT2D eigenvalue weighted by atomic mass is 9.71. The molecule has 106 valence electrons. The first-order valence-corrected chi connectivity index (χ1v) is 6.87. The highest BCUT2D eigenvalue weighted by molar-refractivity contribution is 5.49. The lowest BCUT2D eigenvalue weighted by Crippen LogP contribution is -2.34. The number of rotatable bonds is 3. The summed E-state index contributed by atoms with van der Waals surface area (Å²) in [6.45, 7) is 6.89. The van der Waals surface area contributed by atoms with Gasteiger partial charge >= 0.3 is 0 Å². The first kappa shape index (κ1) is 14.0. The Morgan fingerprint density at radius 1 is 1.32 bits per heavy atom. The van der Waals surface area contributed by atoms with Gasteiger partial charge in [-0.1, -0.05) is 20.8 Å². The van der Waals surface area contributed by atoms with Gasteiger partial charge in [-0.3, -0.25) is 0 Å². The number of aromatic nitrogens is 1. The maximum Gasteiger partial charge on any atom is 0.240 e. The van der Waals surface area contributed by atoms with E-state index in [4.69, 9.17) is 15.2 Å². The molecule has 0 aliphatic heterocycles. The molecule has 4 heteroatoms. The van der Waals surface area contributed by atoms with Crippen molar-refractivity contribution in [3.8, 4) is 11.8 Å². The Balaban J connectivity index is 2.08. The molecule has 0 amide bonds. The van der Waals surface area contributed by atoms with E-state index in [0.717, 1.165) is 12.8 Å². The lowest BCUT2D eigenvalue weighted by molar-refractivity contribution is 0.0529. The van der Waals surface area contributed by atoms with Gasteiger partial charge in [0, 0.05) is 6.07 Å². The quantitative estimate of drug-likeness (QED) is 0.910. The molecule has 4 nitrogen and oxygen atoms in total. The first-order valence-electron chi connectivity index (χ1n) is 6.87. The van der Waals surface area contributed by atoms with E-state index in [9.17, 15) is 0 Å². The zero-order chi connectivity index (χ0) is 14.0. The molecule has 1 aliphatic carbocycles. The highest BCUT2D eigenvalue weighted by atomic mass is 16.5. The Morgan fingerprint density at radius 2 is 2.05 bits per heavy atom. The van der Waals surface area contributed by atoms with Crippen LogP contribution in [0, 0.1) is 11.3 Å². The van der Waals surface area contributed by atoms with Crippen LogP contribution in [0.3, 0.4) is 0 Å². The molecular weight excluding hydrogens is 240 g/mol. The fourth-order valence-electron chi connectivity index (χ4n) is 3.18. The number of nitrogens with two attached hydrogens (primary N) is 1. The van der Waals surface area contributed by atoms with Gasteiger partial charge in [-0.05, 0) is 36.7 Å². The van der Waals surface area contributed by atoms with Gasteiger partial charge in [0.2, 0.25) is 11.8 Å². The van der Waals surface area contributed by atoms with E-state index in [1.165, 1.54) is 6.42 Å². The van der Waals surface area contributed by atoms with E-state index < -0.39 is 0 Å². The molecule has 1 aromatic rings. The average molecular weight is 264 g/mol. The molecule has 0 aromatic carbocycles. The van der Waals surface area contributed by atoms with Crippen LogP contribution in [-0.4, -0.2) is 18.2 Å². The van der Waals surface area contributed by atoms with Gasteiger partial charge in [0.25, 0.3) is 0 Å². The third-order valence-corrected chi connectivity index (χ3v) is 3.69. The Labute approximate surface area is 115 Å². The summed E-state index contributed by atoms with van der Waals surface area (Å²) in [7, 11) is 1.56. The van der Waals surface area contributed by atoms with Crippen LogP contribution >= 0.6 is 0 Å². The van der Waals surface area contributed by atoms with Gasteiger partial charge in [0.05, 0.1) is 12.8 Å². The van der Waals surface area contributed by atoms with Crippen LogP contribution in [-0.2, 0) is 0 Å². The molecule has 2 N–H and O–H groups in total. The van der Waals surface area contributed by atoms with Crippen LogP contribution < -0.4 is 15.2 Å². The van der Waals surface area contributed by atoms with Crippen molar-refractivity contribution < 1.29 is 9.47 Å². The molecule has 1 aromatic heterocycles. The smallest absolute Gasteiger partial charge is 0.240 e. The van der Waals surface area contributed by atoms with Crippen molar-refractivity contribution in [1.29, 1.82) is 0 Å². The number of anilines is 1. The van der Waals surface area contributed by atoms with Crippen molar-refractivity contribution in [2.24, 2.45) is 11.3 Å². The largest absolute Gasteiger partial charge is 0.479 e. The molecular formula is C15H24N2O2. The Bertz CT molecular complexity index is 446. The number of methoxy groups -OCH3 is 1. The molecule has 1 fully saturated rings. The fourth-order valence-corrected chi connectivity index (χ4v) is 3.18. The van der Waals surface area contributed by atoms with Crippen LogP contribution in [0.1, 0.15) is 40.0 Å². The molecule has 0 bridgehead atoms. The second-order valence-electron chi connectivity index (χ2n) is 6.40. The zero-order valence-electron chi connectivity index (χ0n) is 12.3. The van der Waals surface area contributed by atoms with Crippen LogP contribution in [0.15, 0.2) is 12.1 Å². The molecule has 19 heavy (non-hydrogen) atoms. The molecule has 2 unspecified atom stereocenters. The minimum atomic E-state index is 0.222. The third kappa shape index (κ3) is 3.52. The van der Waals surface area contributed by atoms with E-state index in [1.807, 2.05) is 6.07 Å². The van der Waals surface area contributed by atoms with E-state index in [-0.39, 0.29) is 6.10 Å². The van der Waals surface area contributed by atoms with Crippen LogP contribution in [0.4, 0.5) is 5.69 Å². The third-order valence-electron chi connectivity index (χ3n) is 3.69. The number of nitrogens with zero attached hydrogens (tertiary/aromatic N) is 1. The Morgan fingerprint density at radius 3 is 2.68 bits per heavy atom. The molecule has 0 radical (unpaired) electrons. The summed E-state index contributed by atoms with van der Waals surface area (Å²) in [4.78, 5) is 4.29. The van der Waals surface area contributed by atoms with Crippen LogP contribution in [0.2, 0.25) is 0 Å². The molecule has 1 saturated carbocycles. The van der Waals surface area contributed by atoms with Gasteiger partial charge in [0.15, 0.2) is 0 Å². The second kappa shape index (κ2) is 5.27. The summed E-state index contributed by atoms with van der Waals surface area (Å²) < 4.78 is 11.1. The number of hydrogen-bond donors (Lipinski definition) is 1. The van der Waals surface area contributed by atoms with Crippen molar-refractivity contribution in [2.45, 2.75) is 46.1 Å². The highest BCUT2D eigenvalue weighted by Gasteiger charge is 2.33. The highest BCUT2D eigenvalue weighted by Crippen LogP contribution is 2.40. The predicted octanol–water partition coefficient (Wildman–Crippen LogP) is 3.27. The summed E-state index contributed by atoms with van der Waals surface area (Å²) in [6.07, 6.45) is 3.62. The molecule has 0 spiro atoms. The molecule has 2 rings (SSSR count). The minimum Gasteiger partial charge on any atom is -0.479 e. The van der Waals surface area contributed by atoms with Crippen LogP contribution in [0.5, 0.6) is 11.8 Å². The lowest BCUT2D eigenvalue weighted by Gasteiger charge is -2.38. The van der Waals surface area contributed by atoms with Crippen molar-refractivity contribution in [2.75, 3.05) is 12.8 Å². The predicted molar refractivity (Wildman–Crippen MR) is 76.4 cm³/mol. The van der Waals surface area contributed by atoms with Gasteiger partial charge < -0.3 is 15.2 Å². The van der Waals surface area contributed by atoms with E-state index in [1.54, 1.807) is 13.2 Å². The Hall–Kier alpha value is -1.45. The number of ether oxygens (including phenoxy) is 2. The number of hydrogen-bond acceptors (Lipinski definition) is 4. The van der Waals surface area contributed by atoms with Crippen molar-refractivity contribution in [3.63, 3.8) is 0 Å². The zero-order valence-corrected chi connectivity index (χ0v) is 12.3. The summed E-state index contributed by atoms with van der Waals surface area (Å²) in [5, 5.41) is 0. The van der Waals surface area contributed by atoms with Gasteiger partial charge in [0.1, 0.15) is 6.10 Å². The maximum absolute atomic E-state index is 6.01.